The van der Waals surface area contributed by atoms with Crippen LogP contribution in [0.4, 0.5) is 5.69 Å². The normalized spacial score (nSPS) is 18.5. The summed E-state index contributed by atoms with van der Waals surface area (Å²) in [6, 6.07) is 2.15. The predicted molar refractivity (Wildman–Crippen MR) is 73.4 cm³/mol. The average molecular weight is 232 g/mol. The van der Waals surface area contributed by atoms with Crippen molar-refractivity contribution in [2.45, 2.75) is 40.5 Å². The third kappa shape index (κ3) is 2.80. The van der Waals surface area contributed by atoms with Gasteiger partial charge >= 0.3 is 0 Å². The van der Waals surface area contributed by atoms with Gasteiger partial charge in [0.05, 0.1) is 0 Å². The Morgan fingerprint density at radius 2 is 1.88 bits per heavy atom. The van der Waals surface area contributed by atoms with Crippen molar-refractivity contribution in [2.75, 3.05) is 18.0 Å². The van der Waals surface area contributed by atoms with Gasteiger partial charge in [0.25, 0.3) is 0 Å². The second-order valence-electron chi connectivity index (χ2n) is 6.29. The lowest BCUT2D eigenvalue weighted by molar-refractivity contribution is 0.199. The van der Waals surface area contributed by atoms with Crippen molar-refractivity contribution >= 4 is 5.69 Å². The number of aromatic nitrogens is 1. The van der Waals surface area contributed by atoms with E-state index < -0.39 is 0 Å². The van der Waals surface area contributed by atoms with Crippen LogP contribution < -0.4 is 4.90 Å². The second kappa shape index (κ2) is 4.67. The zero-order valence-electron chi connectivity index (χ0n) is 11.5. The quantitative estimate of drug-likeness (QED) is 0.734. The molecule has 0 amide bonds. The van der Waals surface area contributed by atoms with Crippen LogP contribution in [-0.2, 0) is 0 Å². The van der Waals surface area contributed by atoms with Crippen LogP contribution in [0.2, 0.25) is 0 Å². The molecule has 0 bridgehead atoms. The van der Waals surface area contributed by atoms with Crippen molar-refractivity contribution in [1.29, 1.82) is 0 Å². The molecule has 2 rings (SSSR count). The van der Waals surface area contributed by atoms with Gasteiger partial charge in [0.1, 0.15) is 0 Å². The molecule has 17 heavy (non-hydrogen) atoms. The SMILES string of the molecule is Cc1cnccc1N1CCC(C(C)(C)C)CC1. The van der Waals surface area contributed by atoms with Crippen LogP contribution in [-0.4, -0.2) is 18.1 Å². The molecule has 2 nitrogen and oxygen atoms in total. The minimum Gasteiger partial charge on any atom is -0.371 e. The van der Waals surface area contributed by atoms with Gasteiger partial charge in [0.15, 0.2) is 0 Å². The van der Waals surface area contributed by atoms with E-state index >= 15 is 0 Å². The van der Waals surface area contributed by atoms with Crippen molar-refractivity contribution in [3.05, 3.63) is 24.0 Å². The molecule has 0 N–H and O–H groups in total. The lowest BCUT2D eigenvalue weighted by Crippen LogP contribution is -2.38. The summed E-state index contributed by atoms with van der Waals surface area (Å²) in [5.41, 5.74) is 3.12. The van der Waals surface area contributed by atoms with Gasteiger partial charge < -0.3 is 4.90 Å². The number of hydrogen-bond acceptors (Lipinski definition) is 2. The van der Waals surface area contributed by atoms with E-state index in [4.69, 9.17) is 0 Å². The topological polar surface area (TPSA) is 16.1 Å². The fraction of sp³-hybridized carbons (Fsp3) is 0.667. The summed E-state index contributed by atoms with van der Waals surface area (Å²) in [4.78, 5) is 6.68. The Kier molecular flexibility index (Phi) is 3.41. The molecule has 0 atom stereocenters. The molecule has 1 aliphatic rings. The highest BCUT2D eigenvalue weighted by molar-refractivity contribution is 5.51. The van der Waals surface area contributed by atoms with E-state index in [1.54, 1.807) is 0 Å². The van der Waals surface area contributed by atoms with Crippen LogP contribution in [0.5, 0.6) is 0 Å². The Morgan fingerprint density at radius 3 is 2.41 bits per heavy atom. The van der Waals surface area contributed by atoms with Crippen LogP contribution in [0.15, 0.2) is 18.5 Å². The van der Waals surface area contributed by atoms with Gasteiger partial charge in [-0.25, -0.2) is 0 Å². The van der Waals surface area contributed by atoms with Gasteiger partial charge in [-0.2, -0.15) is 0 Å². The molecule has 0 radical (unpaired) electrons. The van der Waals surface area contributed by atoms with E-state index in [9.17, 15) is 0 Å². The number of anilines is 1. The highest BCUT2D eigenvalue weighted by atomic mass is 15.1. The Labute approximate surface area is 105 Å². The Morgan fingerprint density at radius 1 is 1.24 bits per heavy atom. The number of rotatable bonds is 1. The molecular weight excluding hydrogens is 208 g/mol. The van der Waals surface area contributed by atoms with E-state index in [0.29, 0.717) is 5.41 Å². The summed E-state index contributed by atoms with van der Waals surface area (Å²) < 4.78 is 0. The van der Waals surface area contributed by atoms with Crippen molar-refractivity contribution in [3.8, 4) is 0 Å². The maximum atomic E-state index is 4.17. The summed E-state index contributed by atoms with van der Waals surface area (Å²) >= 11 is 0. The standard InChI is InChI=1S/C15H24N2/c1-12-11-16-8-5-14(12)17-9-6-13(7-10-17)15(2,3)4/h5,8,11,13H,6-7,9-10H2,1-4H3. The smallest absolute Gasteiger partial charge is 0.0426 e. The maximum Gasteiger partial charge on any atom is 0.0426 e. The van der Waals surface area contributed by atoms with Gasteiger partial charge in [0, 0.05) is 31.2 Å². The van der Waals surface area contributed by atoms with Gasteiger partial charge in [-0.05, 0) is 42.7 Å². The number of aryl methyl sites for hydroxylation is 1. The lowest BCUT2D eigenvalue weighted by Gasteiger charge is -2.40. The maximum absolute atomic E-state index is 4.17. The average Bonchev–Trinajstić information content (AvgIpc) is 2.29. The molecule has 0 aromatic carbocycles. The number of hydrogen-bond donors (Lipinski definition) is 0. The summed E-state index contributed by atoms with van der Waals surface area (Å²) in [5, 5.41) is 0. The molecule has 0 aliphatic carbocycles. The first-order valence-corrected chi connectivity index (χ1v) is 6.64. The predicted octanol–water partition coefficient (Wildman–Crippen LogP) is 3.65. The third-order valence-electron chi connectivity index (χ3n) is 4.05. The summed E-state index contributed by atoms with van der Waals surface area (Å²) in [6.45, 7) is 11.6. The minimum absolute atomic E-state index is 0.458. The van der Waals surface area contributed by atoms with Crippen molar-refractivity contribution < 1.29 is 0 Å². The summed E-state index contributed by atoms with van der Waals surface area (Å²) in [7, 11) is 0. The van der Waals surface area contributed by atoms with Gasteiger partial charge in [-0.1, -0.05) is 20.8 Å². The van der Waals surface area contributed by atoms with E-state index in [-0.39, 0.29) is 0 Å². The lowest BCUT2D eigenvalue weighted by atomic mass is 9.75. The molecule has 1 fully saturated rings. The van der Waals surface area contributed by atoms with Crippen LogP contribution in [0.25, 0.3) is 0 Å². The molecule has 1 saturated heterocycles. The van der Waals surface area contributed by atoms with E-state index in [2.05, 4.69) is 43.6 Å². The van der Waals surface area contributed by atoms with E-state index in [1.807, 2.05) is 12.4 Å². The van der Waals surface area contributed by atoms with Crippen LogP contribution in [0, 0.1) is 18.3 Å². The largest absolute Gasteiger partial charge is 0.371 e. The molecular formula is C15H24N2. The van der Waals surface area contributed by atoms with Crippen molar-refractivity contribution in [1.82, 2.24) is 4.98 Å². The Balaban J connectivity index is 2.03. The Bertz CT molecular complexity index is 371. The molecule has 1 aromatic rings. The fourth-order valence-electron chi connectivity index (χ4n) is 2.81. The van der Waals surface area contributed by atoms with Crippen molar-refractivity contribution in [2.24, 2.45) is 11.3 Å². The fourth-order valence-corrected chi connectivity index (χ4v) is 2.81. The van der Waals surface area contributed by atoms with Gasteiger partial charge in [-0.15, -0.1) is 0 Å². The highest BCUT2D eigenvalue weighted by Gasteiger charge is 2.28. The highest BCUT2D eigenvalue weighted by Crippen LogP contribution is 2.35. The first-order valence-electron chi connectivity index (χ1n) is 6.64. The molecule has 0 unspecified atom stereocenters. The van der Waals surface area contributed by atoms with Crippen LogP contribution >= 0.6 is 0 Å². The number of nitrogens with zero attached hydrogens (tertiary/aromatic N) is 2. The van der Waals surface area contributed by atoms with E-state index in [1.165, 1.54) is 37.2 Å². The first kappa shape index (κ1) is 12.4. The van der Waals surface area contributed by atoms with Crippen LogP contribution in [0.3, 0.4) is 0 Å². The first-order chi connectivity index (χ1) is 7.98. The molecule has 2 heteroatoms. The third-order valence-corrected chi connectivity index (χ3v) is 4.05. The molecule has 2 heterocycles. The number of piperidine rings is 1. The van der Waals surface area contributed by atoms with E-state index in [0.717, 1.165) is 5.92 Å². The van der Waals surface area contributed by atoms with Crippen molar-refractivity contribution in [3.63, 3.8) is 0 Å². The monoisotopic (exact) mass is 232 g/mol. The molecule has 94 valence electrons. The molecule has 0 spiro atoms. The molecule has 1 aliphatic heterocycles. The second-order valence-corrected chi connectivity index (χ2v) is 6.29. The zero-order chi connectivity index (χ0) is 12.5. The summed E-state index contributed by atoms with van der Waals surface area (Å²) in [6.07, 6.45) is 6.49. The molecule has 0 saturated carbocycles. The van der Waals surface area contributed by atoms with Crippen LogP contribution in [0.1, 0.15) is 39.2 Å². The Hall–Kier alpha value is -1.05. The summed E-state index contributed by atoms with van der Waals surface area (Å²) in [5.74, 6) is 0.862. The molecule has 1 aromatic heterocycles. The zero-order valence-corrected chi connectivity index (χ0v) is 11.5. The van der Waals surface area contributed by atoms with Gasteiger partial charge in [-0.3, -0.25) is 4.98 Å². The number of pyridine rings is 1. The minimum atomic E-state index is 0.458. The van der Waals surface area contributed by atoms with Gasteiger partial charge in [0.2, 0.25) is 0 Å².